The van der Waals surface area contributed by atoms with E-state index >= 15 is 4.79 Å². The zero-order valence-corrected chi connectivity index (χ0v) is 73.7. The van der Waals surface area contributed by atoms with Crippen LogP contribution in [0.1, 0.15) is 215 Å². The number of amides is 3. The minimum absolute atomic E-state index is 0. The number of nitrogens with two attached hydrogens (primary N) is 2. The van der Waals surface area contributed by atoms with Gasteiger partial charge in [-0.05, 0) is 268 Å². The van der Waals surface area contributed by atoms with Gasteiger partial charge in [0.05, 0.1) is 31.4 Å². The van der Waals surface area contributed by atoms with E-state index in [4.69, 9.17) is 88.6 Å². The monoisotopic (exact) mass is 1760 g/mol. The number of thioether (sulfide) groups is 1. The molecule has 6 spiro atoms. The molecule has 3 heterocycles. The third-order valence-corrected chi connectivity index (χ3v) is 31.2. The van der Waals surface area contributed by atoms with Crippen LogP contribution < -0.4 is 22.1 Å². The second kappa shape index (κ2) is 37.3. The minimum atomic E-state index is -0.956. The molecule has 7 fully saturated rings. The molecule has 3 aliphatic heterocycles. The van der Waals surface area contributed by atoms with Crippen LogP contribution in [0.3, 0.4) is 0 Å². The normalized spacial score (nSPS) is 27.4. The number of amidine groups is 1. The number of aryl methyl sites for hydroxylation is 3. The summed E-state index contributed by atoms with van der Waals surface area (Å²) < 4.78 is 17.1. The van der Waals surface area contributed by atoms with Gasteiger partial charge in [0.25, 0.3) is 17.7 Å². The third kappa shape index (κ3) is 17.4. The van der Waals surface area contributed by atoms with Crippen LogP contribution >= 0.6 is 86.3 Å². The molecule has 0 aromatic heterocycles. The second-order valence-corrected chi connectivity index (χ2v) is 38.2. The van der Waals surface area contributed by atoms with Gasteiger partial charge in [0.15, 0.2) is 32.9 Å². The van der Waals surface area contributed by atoms with Gasteiger partial charge >= 0.3 is 0 Å². The zero-order valence-electron chi connectivity index (χ0n) is 67.4. The summed E-state index contributed by atoms with van der Waals surface area (Å²) >= 11 is 35.8. The summed E-state index contributed by atoms with van der Waals surface area (Å²) in [6.45, 7) is 0.727. The lowest BCUT2D eigenvalue weighted by molar-refractivity contribution is -0.139. The molecule has 0 bridgehead atoms. The summed E-state index contributed by atoms with van der Waals surface area (Å²) in [5, 5.41) is 11.3. The van der Waals surface area contributed by atoms with Gasteiger partial charge in [-0.1, -0.05) is 247 Å². The maximum Gasteiger partial charge on any atom is 0.262 e. The van der Waals surface area contributed by atoms with E-state index in [1.807, 2.05) is 109 Å². The summed E-state index contributed by atoms with van der Waals surface area (Å²) in [4.78, 5) is 57.3. The fourth-order valence-corrected chi connectivity index (χ4v) is 23.6. The van der Waals surface area contributed by atoms with Gasteiger partial charge in [0.1, 0.15) is 0 Å². The van der Waals surface area contributed by atoms with Crippen LogP contribution in [0.25, 0.3) is 0 Å². The van der Waals surface area contributed by atoms with Crippen molar-refractivity contribution in [1.82, 2.24) is 20.4 Å². The number of rotatable bonds is 19. The van der Waals surface area contributed by atoms with E-state index in [0.29, 0.717) is 46.1 Å². The molecule has 21 heteroatoms. The first-order valence-corrected chi connectivity index (χ1v) is 46.2. The van der Waals surface area contributed by atoms with E-state index in [1.165, 1.54) is 104 Å². The predicted octanol–water partition coefficient (Wildman–Crippen LogP) is 21.2. The Hall–Kier alpha value is -6.19. The number of carbonyl (C=O) groups is 3. The highest BCUT2D eigenvalue weighted by Crippen LogP contribution is 2.65. The highest BCUT2D eigenvalue weighted by atomic mass is 79.9. The average Bonchev–Trinajstić information content (AvgIpc) is 1.47. The van der Waals surface area contributed by atoms with Gasteiger partial charge in [-0.25, -0.2) is 9.98 Å². The number of thiocarbonyl (C=S) groups is 1. The second-order valence-electron chi connectivity index (χ2n) is 34.6. The molecule has 117 heavy (non-hydrogen) atoms. The van der Waals surface area contributed by atoms with Crippen LogP contribution in [0.4, 0.5) is 0 Å². The van der Waals surface area contributed by atoms with Crippen LogP contribution in [-0.2, 0) is 108 Å². The van der Waals surface area contributed by atoms with Crippen molar-refractivity contribution in [1.29, 1.82) is 0 Å². The molecular weight excluding hydrogens is 1650 g/mol. The fraction of sp³-hybridized carbons (Fsp3) is 0.500. The number of methoxy groups -OCH3 is 3. The molecule has 7 aromatic carbocycles. The van der Waals surface area contributed by atoms with Crippen molar-refractivity contribution >= 4 is 120 Å². The number of halogens is 5. The largest absolute Gasteiger partial charge is 0.381 e. The molecule has 7 aromatic rings. The molecule has 9 aliphatic carbocycles. The van der Waals surface area contributed by atoms with Crippen molar-refractivity contribution in [3.8, 4) is 0 Å². The molecule has 1 saturated heterocycles. The van der Waals surface area contributed by atoms with Crippen LogP contribution in [0, 0.1) is 34.0 Å². The number of hydrogen-bond acceptors (Lipinski definition) is 12. The van der Waals surface area contributed by atoms with Crippen LogP contribution in [0.5, 0.6) is 0 Å². The lowest BCUT2D eigenvalue weighted by atomic mass is 9.61. The van der Waals surface area contributed by atoms with Crippen molar-refractivity contribution in [3.05, 3.63) is 244 Å². The van der Waals surface area contributed by atoms with Crippen LogP contribution in [0.2, 0.25) is 20.1 Å². The van der Waals surface area contributed by atoms with Gasteiger partial charge in [0.2, 0.25) is 0 Å². The Balaban J connectivity index is 0.000000137. The number of nitrogens with one attached hydrogen (secondary N) is 2. The van der Waals surface area contributed by atoms with Gasteiger partial charge in [-0.15, -0.1) is 0 Å². The van der Waals surface area contributed by atoms with Crippen LogP contribution in [-0.4, -0.2) is 90.4 Å². The van der Waals surface area contributed by atoms with Crippen molar-refractivity contribution in [3.63, 3.8) is 0 Å². The zero-order chi connectivity index (χ0) is 81.2. The number of nitrogens with zero attached hydrogens (tertiary/aromatic N) is 4. The number of benzene rings is 7. The van der Waals surface area contributed by atoms with E-state index in [-0.39, 0.29) is 53.6 Å². The van der Waals surface area contributed by atoms with E-state index in [2.05, 4.69) is 86.9 Å². The Morgan fingerprint density at radius 3 is 1.23 bits per heavy atom. The summed E-state index contributed by atoms with van der Waals surface area (Å²) in [6, 6.07) is 51.7. The number of ether oxygens (including phenoxy) is 3. The Bertz CT molecular complexity index is 4840. The standard InChI is InChI=1S/C36H38Cl2N2O2S.C29H34ClN3O2.C22H28N2O2S.C7H6BrCl.CH5N.CH4/c1-42-29-16-18-35(19-17-29)21-26-15-14-25(13-12-24-10-11-24)20-30(26)36(35)33(41)40(22-27-6-2-4-8-31(27)37)34(39-36)43-23-28-7-3-5-9-32(28)38;1-35-23-12-14-28(15-13-23)17-21-11-10-20(9-8-19-6-7-19)16-24(21)29(28)26(34)33(27(31)32-29)18-22-4-2-3-5-25(22)30;1-26-17-8-10-21(11-9-17)13-16-7-6-15(5-4-14-2-3-14)12-18(16)22(21)19(25)23-20(27)24-22;8-5-6-3-1-2-4-7(6)9;1-2;/h2-9,14-15,20,24,29H,10-13,16-19,21-23H2,1H3;2-5,10-11,16,19,23H,6-9,12-15,17-18H2,1H3,(H2,31,32);6-7,12,14,17H,2-5,8-11,13H2,1H3,(H2,23,24,25,27);1-4H,5H2;2H2,1H3;1H4. The van der Waals surface area contributed by atoms with Crippen molar-refractivity contribution in [2.75, 3.05) is 28.4 Å². The first kappa shape index (κ1) is 87.2. The lowest BCUT2D eigenvalue weighted by Crippen LogP contribution is -2.56. The van der Waals surface area contributed by atoms with Gasteiger partial charge in [-0.2, -0.15) is 0 Å². The first-order chi connectivity index (χ1) is 56.3. The van der Waals surface area contributed by atoms with Crippen molar-refractivity contribution < 1.29 is 28.6 Å². The highest BCUT2D eigenvalue weighted by molar-refractivity contribution is 9.08. The minimum Gasteiger partial charge on any atom is -0.381 e. The summed E-state index contributed by atoms with van der Waals surface area (Å²) in [5.74, 6) is 3.73. The molecule has 14 nitrogen and oxygen atoms in total. The number of fused-ring (bicyclic) bond motifs is 9. The van der Waals surface area contributed by atoms with Gasteiger partial charge in [0, 0.05) is 68.7 Å². The van der Waals surface area contributed by atoms with Gasteiger partial charge < -0.3 is 36.3 Å². The molecule has 0 radical (unpaired) electrons. The quantitative estimate of drug-likeness (QED) is 0.0446. The molecule has 3 unspecified atom stereocenters. The maximum absolute atomic E-state index is 15.2. The SMILES string of the molecule is C.CN.COC1CCC2(CC1)Cc1ccc(CCC3CC3)cc1C21N=C(N)N(Cc2ccccc2Cl)C1=O.COC1CCC2(CC1)Cc1ccc(CCC3CC3)cc1C21N=C(SCc2ccccc2Cl)N(Cc2ccccc2Cl)C1=O.COC1CCC2(CC1)Cc1ccc(CCC3CC3)cc1C21NC(=S)NC1=O.Clc1ccccc1CBr. The Morgan fingerprint density at radius 1 is 0.487 bits per heavy atom. The number of carbonyl (C=O) groups excluding carboxylic acids is 3. The molecule has 3 atom stereocenters. The Morgan fingerprint density at radius 2 is 0.846 bits per heavy atom. The first-order valence-electron chi connectivity index (χ1n) is 42.2. The summed E-state index contributed by atoms with van der Waals surface area (Å²) in [6.07, 6.45) is 30.0. The average molecular weight is 1760 g/mol. The number of guanidine groups is 1. The highest BCUT2D eigenvalue weighted by Gasteiger charge is 2.69. The molecule has 12 aliphatic rings. The van der Waals surface area contributed by atoms with Gasteiger partial charge in [-0.3, -0.25) is 24.2 Å². The fourth-order valence-electron chi connectivity index (χ4n) is 20.8. The Kier molecular flexibility index (Phi) is 27.8. The molecule has 6 saturated carbocycles. The maximum atomic E-state index is 15.2. The molecular formula is C96H115BrCl4N8O6S2. The third-order valence-electron chi connectivity index (χ3n) is 27.9. The smallest absolute Gasteiger partial charge is 0.262 e. The topological polar surface area (TPSA) is 186 Å². The molecule has 19 rings (SSSR count). The number of hydrogen-bond donors (Lipinski definition) is 4. The lowest BCUT2D eigenvalue weighted by Gasteiger charge is -2.46. The Labute approximate surface area is 731 Å². The summed E-state index contributed by atoms with van der Waals surface area (Å²) in [7, 11) is 6.89. The van der Waals surface area contributed by atoms with E-state index in [9.17, 15) is 9.59 Å². The molecule has 6 N–H and O–H groups in total. The molecule has 3 amide bonds. The summed E-state index contributed by atoms with van der Waals surface area (Å²) in [5.41, 5.74) is 23.0. The van der Waals surface area contributed by atoms with E-state index in [1.54, 1.807) is 30.9 Å². The van der Waals surface area contributed by atoms with E-state index < -0.39 is 16.6 Å². The molecule has 622 valence electrons. The number of alkyl halides is 1. The van der Waals surface area contributed by atoms with Crippen LogP contribution in [0.15, 0.2) is 162 Å². The van der Waals surface area contributed by atoms with Crippen molar-refractivity contribution in [2.45, 2.75) is 240 Å². The van der Waals surface area contributed by atoms with Crippen molar-refractivity contribution in [2.24, 2.45) is 55.5 Å². The van der Waals surface area contributed by atoms with E-state index in [0.717, 1.165) is 187 Å². The predicted molar refractivity (Wildman–Crippen MR) is 484 cm³/mol. The number of aliphatic imine (C=N–C) groups is 2.